The van der Waals surface area contributed by atoms with E-state index >= 15 is 0 Å². The van der Waals surface area contributed by atoms with E-state index in [1.54, 1.807) is 7.11 Å². The molecule has 136 valence electrons. The SMILES string of the molecule is CNCCN1C(=O)CC[C@H]2CN(C(=O)C3(COC)CCC3)CC[C@H]21. The van der Waals surface area contributed by atoms with Crippen LogP contribution in [0.5, 0.6) is 0 Å². The molecule has 1 N–H and O–H groups in total. The van der Waals surface area contributed by atoms with Gasteiger partial charge < -0.3 is 19.9 Å². The third-order valence-electron chi connectivity index (χ3n) is 6.22. The summed E-state index contributed by atoms with van der Waals surface area (Å²) in [7, 11) is 3.60. The molecule has 0 aromatic heterocycles. The summed E-state index contributed by atoms with van der Waals surface area (Å²) < 4.78 is 5.34. The summed E-state index contributed by atoms with van der Waals surface area (Å²) in [5, 5.41) is 3.13. The smallest absolute Gasteiger partial charge is 0.231 e. The number of carbonyl (C=O) groups is 2. The summed E-state index contributed by atoms with van der Waals surface area (Å²) >= 11 is 0. The summed E-state index contributed by atoms with van der Waals surface area (Å²) in [5.41, 5.74) is -0.266. The molecule has 6 nitrogen and oxygen atoms in total. The third kappa shape index (κ3) is 3.18. The monoisotopic (exact) mass is 337 g/mol. The van der Waals surface area contributed by atoms with E-state index < -0.39 is 0 Å². The van der Waals surface area contributed by atoms with Gasteiger partial charge in [0.25, 0.3) is 0 Å². The Morgan fingerprint density at radius 3 is 2.79 bits per heavy atom. The lowest BCUT2D eigenvalue weighted by molar-refractivity contribution is -0.157. The fourth-order valence-corrected chi connectivity index (χ4v) is 4.69. The molecule has 3 aliphatic rings. The number of methoxy groups -OCH3 is 1. The second kappa shape index (κ2) is 7.40. The van der Waals surface area contributed by atoms with Crippen molar-refractivity contribution in [2.24, 2.45) is 11.3 Å². The highest BCUT2D eigenvalue weighted by Gasteiger charge is 2.48. The molecule has 0 aromatic carbocycles. The fraction of sp³-hybridized carbons (Fsp3) is 0.889. The number of ether oxygens (including phenoxy) is 1. The molecule has 0 spiro atoms. The van der Waals surface area contributed by atoms with E-state index in [0.717, 1.165) is 58.3 Å². The lowest BCUT2D eigenvalue weighted by Gasteiger charge is -2.50. The number of likely N-dealkylation sites (tertiary alicyclic amines) is 2. The molecule has 0 aromatic rings. The highest BCUT2D eigenvalue weighted by atomic mass is 16.5. The van der Waals surface area contributed by atoms with Gasteiger partial charge in [-0.3, -0.25) is 9.59 Å². The number of carbonyl (C=O) groups excluding carboxylic acids is 2. The molecule has 2 amide bonds. The third-order valence-corrected chi connectivity index (χ3v) is 6.22. The van der Waals surface area contributed by atoms with Crippen LogP contribution in [0.3, 0.4) is 0 Å². The number of hydrogen-bond donors (Lipinski definition) is 1. The number of nitrogens with zero attached hydrogens (tertiary/aromatic N) is 2. The van der Waals surface area contributed by atoms with Crippen molar-refractivity contribution >= 4 is 11.8 Å². The minimum Gasteiger partial charge on any atom is -0.384 e. The van der Waals surface area contributed by atoms with Gasteiger partial charge in [-0.2, -0.15) is 0 Å². The molecule has 3 fully saturated rings. The van der Waals surface area contributed by atoms with Crippen LogP contribution in [-0.4, -0.2) is 74.6 Å². The van der Waals surface area contributed by atoms with E-state index in [1.807, 2.05) is 7.05 Å². The van der Waals surface area contributed by atoms with Crippen molar-refractivity contribution in [1.82, 2.24) is 15.1 Å². The lowest BCUT2D eigenvalue weighted by atomic mass is 9.68. The summed E-state index contributed by atoms with van der Waals surface area (Å²) in [6, 6.07) is 0.309. The Balaban J connectivity index is 1.64. The number of amides is 2. The quantitative estimate of drug-likeness (QED) is 0.781. The number of nitrogens with one attached hydrogen (secondary N) is 1. The predicted octanol–water partition coefficient (Wildman–Crippen LogP) is 0.862. The number of likely N-dealkylation sites (N-methyl/N-ethyl adjacent to an activating group) is 1. The van der Waals surface area contributed by atoms with Crippen LogP contribution in [0, 0.1) is 11.3 Å². The molecule has 2 atom stereocenters. The Hall–Kier alpha value is -1.14. The Bertz CT molecular complexity index is 478. The summed E-state index contributed by atoms with van der Waals surface area (Å²) in [6.07, 6.45) is 5.49. The molecule has 2 aliphatic heterocycles. The maximum atomic E-state index is 13.0. The molecule has 6 heteroatoms. The first kappa shape index (κ1) is 17.7. The summed E-state index contributed by atoms with van der Waals surface area (Å²) in [6.45, 7) is 3.73. The van der Waals surface area contributed by atoms with Crippen LogP contribution in [0.15, 0.2) is 0 Å². The van der Waals surface area contributed by atoms with Gasteiger partial charge in [0.2, 0.25) is 11.8 Å². The predicted molar refractivity (Wildman–Crippen MR) is 91.5 cm³/mol. The van der Waals surface area contributed by atoms with Crippen LogP contribution in [0.1, 0.15) is 38.5 Å². The van der Waals surface area contributed by atoms with Crippen molar-refractivity contribution in [2.45, 2.75) is 44.6 Å². The summed E-state index contributed by atoms with van der Waals surface area (Å²) in [5.74, 6) is 0.991. The Kier molecular flexibility index (Phi) is 5.45. The van der Waals surface area contributed by atoms with Crippen LogP contribution in [0.4, 0.5) is 0 Å². The van der Waals surface area contributed by atoms with Crippen LogP contribution >= 0.6 is 0 Å². The van der Waals surface area contributed by atoms with Gasteiger partial charge >= 0.3 is 0 Å². The van der Waals surface area contributed by atoms with Crippen LogP contribution in [0.2, 0.25) is 0 Å². The van der Waals surface area contributed by atoms with Crippen molar-refractivity contribution in [3.63, 3.8) is 0 Å². The molecule has 0 unspecified atom stereocenters. The molecular formula is C18H31N3O3. The summed E-state index contributed by atoms with van der Waals surface area (Å²) in [4.78, 5) is 29.4. The van der Waals surface area contributed by atoms with Gasteiger partial charge in [0, 0.05) is 45.8 Å². The lowest BCUT2D eigenvalue weighted by Crippen LogP contribution is -2.60. The highest BCUT2D eigenvalue weighted by molar-refractivity contribution is 5.84. The largest absolute Gasteiger partial charge is 0.384 e. The van der Waals surface area contributed by atoms with Gasteiger partial charge in [-0.15, -0.1) is 0 Å². The number of piperidine rings is 2. The minimum absolute atomic E-state index is 0.266. The zero-order chi connectivity index (χ0) is 17.2. The topological polar surface area (TPSA) is 61.9 Å². The van der Waals surface area contributed by atoms with Crippen molar-refractivity contribution in [1.29, 1.82) is 0 Å². The number of rotatable bonds is 6. The van der Waals surface area contributed by atoms with Crippen LogP contribution < -0.4 is 5.32 Å². The van der Waals surface area contributed by atoms with Gasteiger partial charge in [0.1, 0.15) is 0 Å². The molecule has 24 heavy (non-hydrogen) atoms. The van der Waals surface area contributed by atoms with E-state index in [9.17, 15) is 9.59 Å². The molecular weight excluding hydrogens is 306 g/mol. The van der Waals surface area contributed by atoms with E-state index in [0.29, 0.717) is 25.0 Å². The van der Waals surface area contributed by atoms with Crippen molar-refractivity contribution < 1.29 is 14.3 Å². The van der Waals surface area contributed by atoms with Crippen LogP contribution in [0.25, 0.3) is 0 Å². The van der Waals surface area contributed by atoms with Crippen molar-refractivity contribution in [3.8, 4) is 0 Å². The van der Waals surface area contributed by atoms with Gasteiger partial charge in [0.05, 0.1) is 12.0 Å². The molecule has 0 radical (unpaired) electrons. The zero-order valence-corrected chi connectivity index (χ0v) is 15.1. The second-order valence-corrected chi connectivity index (χ2v) is 7.66. The van der Waals surface area contributed by atoms with E-state index in [-0.39, 0.29) is 17.2 Å². The average Bonchev–Trinajstić information content (AvgIpc) is 2.56. The van der Waals surface area contributed by atoms with Crippen LogP contribution in [-0.2, 0) is 14.3 Å². The standard InChI is InChI=1S/C18H31N3O3/c1-19-9-11-21-15-6-10-20(12-14(15)4-5-16(21)22)17(23)18(13-24-2)7-3-8-18/h14-15,19H,3-13H2,1-2H3/t14-,15+/m0/s1. The maximum Gasteiger partial charge on any atom is 0.231 e. The van der Waals surface area contributed by atoms with E-state index in [1.165, 1.54) is 0 Å². The van der Waals surface area contributed by atoms with Gasteiger partial charge in [-0.1, -0.05) is 6.42 Å². The Morgan fingerprint density at radius 2 is 2.17 bits per heavy atom. The fourth-order valence-electron chi connectivity index (χ4n) is 4.69. The van der Waals surface area contributed by atoms with Crippen molar-refractivity contribution in [2.75, 3.05) is 46.9 Å². The highest BCUT2D eigenvalue weighted by Crippen LogP contribution is 2.44. The van der Waals surface area contributed by atoms with E-state index in [4.69, 9.17) is 4.74 Å². The van der Waals surface area contributed by atoms with Crippen molar-refractivity contribution in [3.05, 3.63) is 0 Å². The normalized spacial score (nSPS) is 29.2. The van der Waals surface area contributed by atoms with Gasteiger partial charge in [0.15, 0.2) is 0 Å². The first-order valence-electron chi connectivity index (χ1n) is 9.34. The molecule has 1 saturated carbocycles. The van der Waals surface area contributed by atoms with E-state index in [2.05, 4.69) is 15.1 Å². The van der Waals surface area contributed by atoms with Gasteiger partial charge in [-0.05, 0) is 38.6 Å². The minimum atomic E-state index is -0.266. The molecule has 2 heterocycles. The first-order valence-corrected chi connectivity index (χ1v) is 9.34. The Morgan fingerprint density at radius 1 is 1.38 bits per heavy atom. The zero-order valence-electron chi connectivity index (χ0n) is 15.1. The molecule has 3 rings (SSSR count). The van der Waals surface area contributed by atoms with Gasteiger partial charge in [-0.25, -0.2) is 0 Å². The average molecular weight is 337 g/mol. The number of fused-ring (bicyclic) bond motifs is 1. The second-order valence-electron chi connectivity index (χ2n) is 7.66. The number of hydrogen-bond acceptors (Lipinski definition) is 4. The maximum absolute atomic E-state index is 13.0. The Labute approximate surface area is 144 Å². The molecule has 1 aliphatic carbocycles. The molecule has 0 bridgehead atoms. The molecule has 2 saturated heterocycles. The first-order chi connectivity index (χ1) is 11.6.